The molecule has 0 radical (unpaired) electrons. The summed E-state index contributed by atoms with van der Waals surface area (Å²) >= 11 is 1.42. The van der Waals surface area contributed by atoms with Crippen LogP contribution < -0.4 is 10.9 Å². The van der Waals surface area contributed by atoms with Gasteiger partial charge in [-0.3, -0.25) is 14.7 Å². The highest BCUT2D eigenvalue weighted by Gasteiger charge is 2.11. The number of hydrogen-bond donors (Lipinski definition) is 1. The fraction of sp³-hybridized carbons (Fsp3) is 0.111. The lowest BCUT2D eigenvalue weighted by molar-refractivity contribution is 0.855. The average Bonchev–Trinajstić information content (AvgIpc) is 3.09. The maximum absolute atomic E-state index is 12.4. The summed E-state index contributed by atoms with van der Waals surface area (Å²) in [5.74, 6) is 0.440. The van der Waals surface area contributed by atoms with E-state index in [-0.39, 0.29) is 5.56 Å². The first kappa shape index (κ1) is 15.5. The SMILES string of the molecule is Cc1ccc(-c2nnc(Nc3nc4ccccc4c(=O)n3C)s2)cc1. The van der Waals surface area contributed by atoms with Gasteiger partial charge in [-0.25, -0.2) is 4.98 Å². The number of nitrogens with one attached hydrogen (secondary N) is 1. The third kappa shape index (κ3) is 2.89. The molecule has 7 heteroatoms. The molecule has 0 aliphatic carbocycles. The van der Waals surface area contributed by atoms with E-state index in [4.69, 9.17) is 0 Å². The van der Waals surface area contributed by atoms with Crippen molar-refractivity contribution in [3.8, 4) is 10.6 Å². The first-order chi connectivity index (χ1) is 12.1. The van der Waals surface area contributed by atoms with Gasteiger partial charge in [0.15, 0.2) is 0 Å². The number of hydrogen-bond acceptors (Lipinski definition) is 6. The minimum absolute atomic E-state index is 0.101. The lowest BCUT2D eigenvalue weighted by Crippen LogP contribution is -2.21. The van der Waals surface area contributed by atoms with Crippen LogP contribution in [0.15, 0.2) is 53.3 Å². The van der Waals surface area contributed by atoms with E-state index in [2.05, 4.69) is 20.5 Å². The molecule has 25 heavy (non-hydrogen) atoms. The highest BCUT2D eigenvalue weighted by Crippen LogP contribution is 2.28. The van der Waals surface area contributed by atoms with E-state index in [1.54, 1.807) is 13.1 Å². The minimum Gasteiger partial charge on any atom is -0.300 e. The number of nitrogens with zero attached hydrogens (tertiary/aromatic N) is 4. The summed E-state index contributed by atoms with van der Waals surface area (Å²) < 4.78 is 1.48. The Kier molecular flexibility index (Phi) is 3.77. The van der Waals surface area contributed by atoms with Gasteiger partial charge < -0.3 is 0 Å². The van der Waals surface area contributed by atoms with Crippen LogP contribution in [0.4, 0.5) is 11.1 Å². The molecule has 0 bridgehead atoms. The van der Waals surface area contributed by atoms with Crippen molar-refractivity contribution in [2.24, 2.45) is 7.05 Å². The third-order valence-electron chi connectivity index (χ3n) is 3.93. The van der Waals surface area contributed by atoms with Gasteiger partial charge in [-0.1, -0.05) is 53.3 Å². The molecule has 4 aromatic rings. The zero-order valence-corrected chi connectivity index (χ0v) is 14.5. The van der Waals surface area contributed by atoms with E-state index in [9.17, 15) is 4.79 Å². The van der Waals surface area contributed by atoms with Crippen LogP contribution in [0, 0.1) is 6.92 Å². The number of anilines is 2. The second-order valence-electron chi connectivity index (χ2n) is 5.72. The second-order valence-corrected chi connectivity index (χ2v) is 6.70. The molecule has 2 aromatic heterocycles. The molecule has 6 nitrogen and oxygen atoms in total. The molecule has 0 aliphatic heterocycles. The van der Waals surface area contributed by atoms with Crippen molar-refractivity contribution in [3.63, 3.8) is 0 Å². The molecule has 0 fully saturated rings. The van der Waals surface area contributed by atoms with Gasteiger partial charge in [0.2, 0.25) is 11.1 Å². The maximum Gasteiger partial charge on any atom is 0.262 e. The van der Waals surface area contributed by atoms with Crippen molar-refractivity contribution in [1.29, 1.82) is 0 Å². The molecule has 1 N–H and O–H groups in total. The standard InChI is InChI=1S/C18H15N5OS/c1-11-7-9-12(10-8-11)15-21-22-18(25-15)20-17-19-14-6-4-3-5-13(14)16(24)23(17)2/h3-10H,1-2H3,(H,19,20,22). The first-order valence-electron chi connectivity index (χ1n) is 7.75. The third-order valence-corrected chi connectivity index (χ3v) is 4.81. The predicted molar refractivity (Wildman–Crippen MR) is 100 cm³/mol. The lowest BCUT2D eigenvalue weighted by Gasteiger charge is -2.08. The Morgan fingerprint density at radius 1 is 1.04 bits per heavy atom. The molecule has 0 atom stereocenters. The molecule has 2 heterocycles. The monoisotopic (exact) mass is 349 g/mol. The van der Waals surface area contributed by atoms with E-state index < -0.39 is 0 Å². The summed E-state index contributed by atoms with van der Waals surface area (Å²) in [6.07, 6.45) is 0. The van der Waals surface area contributed by atoms with Crippen LogP contribution in [-0.2, 0) is 7.05 Å². The van der Waals surface area contributed by atoms with E-state index in [0.717, 1.165) is 10.6 Å². The zero-order valence-electron chi connectivity index (χ0n) is 13.7. The smallest absolute Gasteiger partial charge is 0.262 e. The van der Waals surface area contributed by atoms with Crippen molar-refractivity contribution in [2.75, 3.05) is 5.32 Å². The van der Waals surface area contributed by atoms with Gasteiger partial charge in [-0.05, 0) is 19.1 Å². The van der Waals surface area contributed by atoms with Crippen LogP contribution >= 0.6 is 11.3 Å². The number of fused-ring (bicyclic) bond motifs is 1. The highest BCUT2D eigenvalue weighted by atomic mass is 32.1. The van der Waals surface area contributed by atoms with Gasteiger partial charge >= 0.3 is 0 Å². The Morgan fingerprint density at radius 3 is 2.60 bits per heavy atom. The molecule has 4 rings (SSSR count). The summed E-state index contributed by atoms with van der Waals surface area (Å²) in [6.45, 7) is 2.04. The van der Waals surface area contributed by atoms with Crippen molar-refractivity contribution in [1.82, 2.24) is 19.7 Å². The highest BCUT2D eigenvalue weighted by molar-refractivity contribution is 7.18. The Morgan fingerprint density at radius 2 is 1.80 bits per heavy atom. The van der Waals surface area contributed by atoms with E-state index in [1.165, 1.54) is 21.5 Å². The van der Waals surface area contributed by atoms with Crippen molar-refractivity contribution in [3.05, 3.63) is 64.4 Å². The zero-order chi connectivity index (χ0) is 17.4. The van der Waals surface area contributed by atoms with Crippen LogP contribution in [0.2, 0.25) is 0 Å². The molecule has 0 spiro atoms. The largest absolute Gasteiger partial charge is 0.300 e. The van der Waals surface area contributed by atoms with Crippen LogP contribution in [-0.4, -0.2) is 19.7 Å². The molecule has 2 aromatic carbocycles. The van der Waals surface area contributed by atoms with Crippen molar-refractivity contribution < 1.29 is 0 Å². The van der Waals surface area contributed by atoms with Crippen LogP contribution in [0.3, 0.4) is 0 Å². The summed E-state index contributed by atoms with van der Waals surface area (Å²) in [7, 11) is 1.69. The fourth-order valence-corrected chi connectivity index (χ4v) is 3.25. The minimum atomic E-state index is -0.101. The summed E-state index contributed by atoms with van der Waals surface area (Å²) in [4.78, 5) is 17.0. The van der Waals surface area contributed by atoms with E-state index in [1.807, 2.05) is 49.4 Å². The van der Waals surface area contributed by atoms with Crippen molar-refractivity contribution >= 4 is 33.3 Å². The Labute approximate surface area is 147 Å². The molecule has 124 valence electrons. The molecule has 0 amide bonds. The predicted octanol–water partition coefficient (Wildman–Crippen LogP) is 3.50. The topological polar surface area (TPSA) is 72.7 Å². The van der Waals surface area contributed by atoms with E-state index in [0.29, 0.717) is 22.0 Å². The molecule has 0 aliphatic rings. The van der Waals surface area contributed by atoms with Gasteiger partial charge in [0, 0.05) is 12.6 Å². The average molecular weight is 349 g/mol. The Hall–Kier alpha value is -3.06. The normalized spacial score (nSPS) is 11.0. The molecule has 0 unspecified atom stereocenters. The van der Waals surface area contributed by atoms with Gasteiger partial charge in [-0.15, -0.1) is 10.2 Å². The van der Waals surface area contributed by atoms with Crippen LogP contribution in [0.25, 0.3) is 21.5 Å². The van der Waals surface area contributed by atoms with Gasteiger partial charge in [-0.2, -0.15) is 0 Å². The van der Waals surface area contributed by atoms with Gasteiger partial charge in [0.25, 0.3) is 5.56 Å². The van der Waals surface area contributed by atoms with E-state index >= 15 is 0 Å². The second kappa shape index (κ2) is 6.10. The van der Waals surface area contributed by atoms with Gasteiger partial charge in [0.1, 0.15) is 5.01 Å². The molecule has 0 saturated carbocycles. The summed E-state index contributed by atoms with van der Waals surface area (Å²) in [5.41, 5.74) is 2.76. The Balaban J connectivity index is 1.69. The van der Waals surface area contributed by atoms with Crippen molar-refractivity contribution in [2.45, 2.75) is 6.92 Å². The molecular weight excluding hydrogens is 334 g/mol. The number of para-hydroxylation sites is 1. The number of aromatic nitrogens is 4. The lowest BCUT2D eigenvalue weighted by atomic mass is 10.2. The number of benzene rings is 2. The van der Waals surface area contributed by atoms with Crippen LogP contribution in [0.5, 0.6) is 0 Å². The quantitative estimate of drug-likeness (QED) is 0.613. The number of rotatable bonds is 3. The Bertz CT molecular complexity index is 1110. The first-order valence-corrected chi connectivity index (χ1v) is 8.57. The molecular formula is C18H15N5OS. The van der Waals surface area contributed by atoms with Gasteiger partial charge in [0.05, 0.1) is 10.9 Å². The summed E-state index contributed by atoms with van der Waals surface area (Å²) in [6, 6.07) is 15.4. The molecule has 0 saturated heterocycles. The fourth-order valence-electron chi connectivity index (χ4n) is 2.51. The summed E-state index contributed by atoms with van der Waals surface area (Å²) in [5, 5.41) is 13.5. The maximum atomic E-state index is 12.4. The number of aryl methyl sites for hydroxylation is 1. The van der Waals surface area contributed by atoms with Crippen LogP contribution in [0.1, 0.15) is 5.56 Å².